The third-order valence-corrected chi connectivity index (χ3v) is 4.78. The van der Waals surface area contributed by atoms with E-state index in [1.54, 1.807) is 20.5 Å². The van der Waals surface area contributed by atoms with Gasteiger partial charge in [0.2, 0.25) is 0 Å². The Balaban J connectivity index is 1.54. The Morgan fingerprint density at radius 1 is 1.19 bits per heavy atom. The van der Waals surface area contributed by atoms with Crippen LogP contribution in [-0.4, -0.2) is 57.7 Å². The number of urea groups is 1. The maximum absolute atomic E-state index is 13.3. The molecule has 1 saturated heterocycles. The van der Waals surface area contributed by atoms with Gasteiger partial charge in [0.15, 0.2) is 0 Å². The molecule has 27 heavy (non-hydrogen) atoms. The molecule has 1 fully saturated rings. The highest BCUT2D eigenvalue weighted by molar-refractivity contribution is 5.94. The number of hydrogen-bond acceptors (Lipinski definition) is 3. The fourth-order valence-electron chi connectivity index (χ4n) is 3.31. The van der Waals surface area contributed by atoms with E-state index in [0.717, 1.165) is 11.3 Å². The van der Waals surface area contributed by atoms with E-state index in [9.17, 15) is 14.0 Å². The van der Waals surface area contributed by atoms with E-state index in [0.29, 0.717) is 31.7 Å². The van der Waals surface area contributed by atoms with Crippen molar-refractivity contribution in [1.29, 1.82) is 0 Å². The Kier molecular flexibility index (Phi) is 5.43. The van der Waals surface area contributed by atoms with Crippen molar-refractivity contribution < 1.29 is 14.0 Å². The van der Waals surface area contributed by atoms with Crippen LogP contribution < -0.4 is 5.32 Å². The molecule has 3 rings (SSSR count). The van der Waals surface area contributed by atoms with Gasteiger partial charge >= 0.3 is 6.03 Å². The monoisotopic (exact) mass is 373 g/mol. The highest BCUT2D eigenvalue weighted by Crippen LogP contribution is 2.16. The summed E-state index contributed by atoms with van der Waals surface area (Å²) in [5, 5.41) is 7.28. The summed E-state index contributed by atoms with van der Waals surface area (Å²) in [6.07, 6.45) is 1.90. The molecule has 0 aliphatic carbocycles. The molecule has 8 heteroatoms. The van der Waals surface area contributed by atoms with Gasteiger partial charge in [-0.3, -0.25) is 9.48 Å². The molecule has 2 aromatic rings. The fraction of sp³-hybridized carbons (Fsp3) is 0.421. The molecule has 1 aromatic carbocycles. The Hall–Kier alpha value is -2.90. The lowest BCUT2D eigenvalue weighted by molar-refractivity contribution is 0.0663. The molecular weight excluding hydrogens is 349 g/mol. The van der Waals surface area contributed by atoms with Crippen LogP contribution >= 0.6 is 0 Å². The number of rotatable bonds is 3. The highest BCUT2D eigenvalue weighted by atomic mass is 19.1. The minimum atomic E-state index is -0.432. The van der Waals surface area contributed by atoms with Crippen LogP contribution in [0.4, 0.5) is 9.18 Å². The molecule has 144 valence electrons. The predicted molar refractivity (Wildman–Crippen MR) is 98.8 cm³/mol. The Bertz CT molecular complexity index is 842. The van der Waals surface area contributed by atoms with Crippen molar-refractivity contribution in [3.8, 4) is 0 Å². The maximum Gasteiger partial charge on any atom is 0.317 e. The number of carbonyl (C=O) groups excluding carboxylic acids is 2. The van der Waals surface area contributed by atoms with Crippen LogP contribution in [-0.2, 0) is 7.05 Å². The van der Waals surface area contributed by atoms with E-state index in [4.69, 9.17) is 0 Å². The quantitative estimate of drug-likeness (QED) is 0.896. The number of aromatic nitrogens is 2. The van der Waals surface area contributed by atoms with Gasteiger partial charge in [0.05, 0.1) is 11.7 Å². The van der Waals surface area contributed by atoms with Crippen LogP contribution in [0.15, 0.2) is 30.5 Å². The molecule has 0 spiro atoms. The van der Waals surface area contributed by atoms with Crippen molar-refractivity contribution >= 4 is 11.9 Å². The molecule has 1 N–H and O–H groups in total. The largest absolute Gasteiger partial charge is 0.335 e. The van der Waals surface area contributed by atoms with Gasteiger partial charge in [-0.2, -0.15) is 5.10 Å². The Morgan fingerprint density at radius 2 is 1.85 bits per heavy atom. The summed E-state index contributed by atoms with van der Waals surface area (Å²) < 4.78 is 15.0. The van der Waals surface area contributed by atoms with Crippen molar-refractivity contribution in [2.24, 2.45) is 7.05 Å². The first kappa shape index (κ1) is 18.9. The first-order valence-electron chi connectivity index (χ1n) is 8.95. The van der Waals surface area contributed by atoms with Gasteiger partial charge < -0.3 is 15.1 Å². The molecule has 1 aliphatic heterocycles. The van der Waals surface area contributed by atoms with Crippen LogP contribution in [0, 0.1) is 12.7 Å². The lowest BCUT2D eigenvalue weighted by Crippen LogP contribution is -2.53. The minimum Gasteiger partial charge on any atom is -0.335 e. The molecule has 7 nitrogen and oxygen atoms in total. The summed E-state index contributed by atoms with van der Waals surface area (Å²) >= 11 is 0. The number of nitrogens with one attached hydrogen (secondary N) is 1. The van der Waals surface area contributed by atoms with Crippen LogP contribution in [0.3, 0.4) is 0 Å². The van der Waals surface area contributed by atoms with Crippen molar-refractivity contribution in [2.75, 3.05) is 26.2 Å². The smallest absolute Gasteiger partial charge is 0.317 e. The standard InChI is InChI=1S/C19H24FN5O2/c1-13(17-12-23(3)22-14(17)2)21-19(27)25-9-7-24(8-10-25)18(26)15-5-4-6-16(20)11-15/h4-6,11-13H,7-10H2,1-3H3,(H,21,27). The number of carbonyl (C=O) groups is 2. The van der Waals surface area contributed by atoms with E-state index in [1.165, 1.54) is 18.2 Å². The van der Waals surface area contributed by atoms with E-state index < -0.39 is 5.82 Å². The van der Waals surface area contributed by atoms with Crippen molar-refractivity contribution in [3.63, 3.8) is 0 Å². The second-order valence-electron chi connectivity index (χ2n) is 6.80. The summed E-state index contributed by atoms with van der Waals surface area (Å²) in [5.74, 6) is -0.646. The summed E-state index contributed by atoms with van der Waals surface area (Å²) in [4.78, 5) is 28.3. The minimum absolute atomic E-state index is 0.154. The predicted octanol–water partition coefficient (Wildman–Crippen LogP) is 2.10. The van der Waals surface area contributed by atoms with Gasteiger partial charge in [-0.15, -0.1) is 0 Å². The van der Waals surface area contributed by atoms with E-state index in [-0.39, 0.29) is 18.0 Å². The van der Waals surface area contributed by atoms with E-state index >= 15 is 0 Å². The molecular formula is C19H24FN5O2. The summed E-state index contributed by atoms with van der Waals surface area (Å²) in [7, 11) is 1.85. The van der Waals surface area contributed by atoms with Crippen LogP contribution in [0.5, 0.6) is 0 Å². The van der Waals surface area contributed by atoms with Gasteiger partial charge in [0.25, 0.3) is 5.91 Å². The fourth-order valence-corrected chi connectivity index (χ4v) is 3.31. The van der Waals surface area contributed by atoms with Crippen molar-refractivity contribution in [3.05, 3.63) is 53.1 Å². The lowest BCUT2D eigenvalue weighted by atomic mass is 10.1. The Morgan fingerprint density at radius 3 is 2.44 bits per heavy atom. The number of benzene rings is 1. The molecule has 0 bridgehead atoms. The summed E-state index contributed by atoms with van der Waals surface area (Å²) in [6, 6.07) is 5.35. The molecule has 0 radical (unpaired) electrons. The summed E-state index contributed by atoms with van der Waals surface area (Å²) in [6.45, 7) is 5.55. The average Bonchev–Trinajstić information content (AvgIpc) is 2.99. The molecule has 1 aliphatic rings. The van der Waals surface area contributed by atoms with Gasteiger partial charge in [0, 0.05) is 50.6 Å². The summed E-state index contributed by atoms with van der Waals surface area (Å²) in [5.41, 5.74) is 2.19. The van der Waals surface area contributed by atoms with Crippen LogP contribution in [0.1, 0.15) is 34.6 Å². The van der Waals surface area contributed by atoms with Crippen molar-refractivity contribution in [1.82, 2.24) is 24.9 Å². The van der Waals surface area contributed by atoms with Gasteiger partial charge in [-0.1, -0.05) is 6.07 Å². The molecule has 1 unspecified atom stereocenters. The third-order valence-electron chi connectivity index (χ3n) is 4.78. The molecule has 1 aromatic heterocycles. The lowest BCUT2D eigenvalue weighted by Gasteiger charge is -2.35. The number of aryl methyl sites for hydroxylation is 2. The second-order valence-corrected chi connectivity index (χ2v) is 6.80. The van der Waals surface area contributed by atoms with Gasteiger partial charge in [0.1, 0.15) is 5.82 Å². The third kappa shape index (κ3) is 4.27. The number of piperazine rings is 1. The van der Waals surface area contributed by atoms with Gasteiger partial charge in [-0.25, -0.2) is 9.18 Å². The highest BCUT2D eigenvalue weighted by Gasteiger charge is 2.26. The first-order valence-corrected chi connectivity index (χ1v) is 8.95. The number of hydrogen-bond donors (Lipinski definition) is 1. The maximum atomic E-state index is 13.3. The zero-order valence-corrected chi connectivity index (χ0v) is 15.8. The molecule has 3 amide bonds. The average molecular weight is 373 g/mol. The number of amides is 3. The molecule has 1 atom stereocenters. The zero-order chi connectivity index (χ0) is 19.6. The number of nitrogens with zero attached hydrogens (tertiary/aromatic N) is 4. The Labute approximate surface area is 157 Å². The number of halogens is 1. The van der Waals surface area contributed by atoms with Crippen molar-refractivity contribution in [2.45, 2.75) is 19.9 Å². The van der Waals surface area contributed by atoms with Crippen LogP contribution in [0.25, 0.3) is 0 Å². The second kappa shape index (κ2) is 7.77. The van der Waals surface area contributed by atoms with Crippen LogP contribution in [0.2, 0.25) is 0 Å². The van der Waals surface area contributed by atoms with E-state index in [2.05, 4.69) is 10.4 Å². The van der Waals surface area contributed by atoms with Gasteiger partial charge in [-0.05, 0) is 32.0 Å². The molecule has 2 heterocycles. The molecule has 0 saturated carbocycles. The first-order chi connectivity index (χ1) is 12.8. The normalized spacial score (nSPS) is 15.6. The zero-order valence-electron chi connectivity index (χ0n) is 15.8. The topological polar surface area (TPSA) is 70.5 Å². The SMILES string of the molecule is Cc1nn(C)cc1C(C)NC(=O)N1CCN(C(=O)c2cccc(F)c2)CC1. The van der Waals surface area contributed by atoms with E-state index in [1.807, 2.05) is 27.1 Å².